The van der Waals surface area contributed by atoms with Crippen LogP contribution >= 0.6 is 23.5 Å². The fourth-order valence-corrected chi connectivity index (χ4v) is 3.89. The van der Waals surface area contributed by atoms with E-state index in [2.05, 4.69) is 0 Å². The van der Waals surface area contributed by atoms with Crippen LogP contribution < -0.4 is 0 Å². The van der Waals surface area contributed by atoms with E-state index in [1.165, 1.54) is 23.5 Å². The van der Waals surface area contributed by atoms with Crippen molar-refractivity contribution in [1.29, 1.82) is 0 Å². The van der Waals surface area contributed by atoms with Crippen molar-refractivity contribution in [3.05, 3.63) is 9.81 Å². The Morgan fingerprint density at radius 3 is 2.22 bits per heavy atom. The van der Waals surface area contributed by atoms with Crippen LogP contribution in [0, 0.1) is 11.8 Å². The van der Waals surface area contributed by atoms with Crippen LogP contribution in [0.1, 0.15) is 20.3 Å². The smallest absolute Gasteiger partial charge is 0.343 e. The maximum absolute atomic E-state index is 12.1. The van der Waals surface area contributed by atoms with E-state index in [0.29, 0.717) is 4.91 Å². The second-order valence-corrected chi connectivity index (χ2v) is 6.68. The Kier molecular flexibility index (Phi) is 6.25. The molecule has 4 nitrogen and oxygen atoms in total. The van der Waals surface area contributed by atoms with Gasteiger partial charge in [-0.3, -0.25) is 4.79 Å². The van der Waals surface area contributed by atoms with E-state index in [1.807, 2.05) is 13.8 Å². The molecule has 6 heteroatoms. The van der Waals surface area contributed by atoms with Gasteiger partial charge in [0.25, 0.3) is 0 Å². The highest BCUT2D eigenvalue weighted by Gasteiger charge is 2.27. The Balaban J connectivity index is 2.84. The van der Waals surface area contributed by atoms with Crippen molar-refractivity contribution in [2.24, 2.45) is 11.8 Å². The molecule has 1 heterocycles. The van der Waals surface area contributed by atoms with Crippen LogP contribution in [0.25, 0.3) is 0 Å². The minimum absolute atomic E-state index is 0.0447. The number of hydrogen-bond donors (Lipinski definition) is 2. The molecule has 0 saturated carbocycles. The van der Waals surface area contributed by atoms with Crippen LogP contribution in [-0.2, 0) is 9.59 Å². The Bertz CT molecular complexity index is 363. The average molecular weight is 290 g/mol. The SMILES string of the molecule is CC(C)[C@H](CO)CC(=O)C1=C(C(=O)O)SCCS1. The van der Waals surface area contributed by atoms with Crippen LogP contribution in [-0.4, -0.2) is 40.1 Å². The molecule has 1 aliphatic heterocycles. The maximum atomic E-state index is 12.1. The number of aliphatic hydroxyl groups excluding tert-OH is 1. The molecule has 0 spiro atoms. The molecule has 0 aromatic carbocycles. The number of ketones is 1. The highest BCUT2D eigenvalue weighted by atomic mass is 32.2. The molecule has 0 aromatic heterocycles. The van der Waals surface area contributed by atoms with Crippen molar-refractivity contribution < 1.29 is 19.8 Å². The number of carboxylic acids is 1. The van der Waals surface area contributed by atoms with Gasteiger partial charge in [0, 0.05) is 24.5 Å². The topological polar surface area (TPSA) is 74.6 Å². The summed E-state index contributed by atoms with van der Waals surface area (Å²) in [4.78, 5) is 23.7. The van der Waals surface area contributed by atoms with Crippen molar-refractivity contribution in [3.8, 4) is 0 Å². The molecule has 18 heavy (non-hydrogen) atoms. The number of hydrogen-bond acceptors (Lipinski definition) is 5. The summed E-state index contributed by atoms with van der Waals surface area (Å²) in [5, 5.41) is 18.3. The van der Waals surface area contributed by atoms with Gasteiger partial charge in [-0.15, -0.1) is 23.5 Å². The van der Waals surface area contributed by atoms with Gasteiger partial charge in [0.2, 0.25) is 0 Å². The molecule has 0 aromatic rings. The highest BCUT2D eigenvalue weighted by Crippen LogP contribution is 2.36. The Hall–Kier alpha value is -0.460. The fraction of sp³-hybridized carbons (Fsp3) is 0.667. The second kappa shape index (κ2) is 7.21. The molecule has 1 atom stereocenters. The predicted molar refractivity (Wildman–Crippen MR) is 74.6 cm³/mol. The van der Waals surface area contributed by atoms with Gasteiger partial charge in [0.15, 0.2) is 5.78 Å². The lowest BCUT2D eigenvalue weighted by Gasteiger charge is -2.20. The normalized spacial score (nSPS) is 18.0. The molecular weight excluding hydrogens is 272 g/mol. The number of thioether (sulfide) groups is 2. The van der Waals surface area contributed by atoms with Gasteiger partial charge in [0.05, 0.1) is 4.91 Å². The lowest BCUT2D eigenvalue weighted by atomic mass is 9.91. The summed E-state index contributed by atoms with van der Waals surface area (Å²) in [5.41, 5.74) is 0. The molecule has 1 rings (SSSR count). The number of carbonyl (C=O) groups excluding carboxylic acids is 1. The van der Waals surface area contributed by atoms with Crippen molar-refractivity contribution in [2.75, 3.05) is 18.1 Å². The highest BCUT2D eigenvalue weighted by molar-refractivity contribution is 8.11. The van der Waals surface area contributed by atoms with Gasteiger partial charge in [-0.25, -0.2) is 4.79 Å². The minimum Gasteiger partial charge on any atom is -0.477 e. The van der Waals surface area contributed by atoms with Crippen LogP contribution in [0.5, 0.6) is 0 Å². The van der Waals surface area contributed by atoms with Gasteiger partial charge in [0.1, 0.15) is 4.91 Å². The first-order chi connectivity index (χ1) is 8.47. The van der Waals surface area contributed by atoms with E-state index in [0.717, 1.165) is 11.5 Å². The molecule has 0 amide bonds. The number of Topliss-reactive ketones (excluding diaryl/α,β-unsaturated/α-hetero) is 1. The van der Waals surface area contributed by atoms with E-state index in [9.17, 15) is 14.7 Å². The quantitative estimate of drug-likeness (QED) is 0.779. The zero-order chi connectivity index (χ0) is 13.7. The third kappa shape index (κ3) is 4.03. The molecule has 1 aliphatic rings. The summed E-state index contributed by atoms with van der Waals surface area (Å²) < 4.78 is 0. The first-order valence-corrected chi connectivity index (χ1v) is 7.81. The summed E-state index contributed by atoms with van der Waals surface area (Å²) in [5.74, 6) is 0.393. The van der Waals surface area contributed by atoms with Crippen molar-refractivity contribution in [3.63, 3.8) is 0 Å². The fourth-order valence-electron chi connectivity index (χ4n) is 1.63. The lowest BCUT2D eigenvalue weighted by Crippen LogP contribution is -2.20. The molecule has 0 unspecified atom stereocenters. The number of carboxylic acid groups (broad SMARTS) is 1. The van der Waals surface area contributed by atoms with Gasteiger partial charge in [-0.1, -0.05) is 13.8 Å². The lowest BCUT2D eigenvalue weighted by molar-refractivity contribution is -0.132. The average Bonchev–Trinajstić information content (AvgIpc) is 2.35. The third-order valence-corrected chi connectivity index (χ3v) is 5.45. The van der Waals surface area contributed by atoms with E-state index >= 15 is 0 Å². The monoisotopic (exact) mass is 290 g/mol. The largest absolute Gasteiger partial charge is 0.477 e. The van der Waals surface area contributed by atoms with Crippen molar-refractivity contribution in [1.82, 2.24) is 0 Å². The molecule has 0 fully saturated rings. The van der Waals surface area contributed by atoms with Crippen LogP contribution in [0.2, 0.25) is 0 Å². The number of carbonyl (C=O) groups is 2. The molecule has 0 bridgehead atoms. The van der Waals surface area contributed by atoms with Crippen molar-refractivity contribution in [2.45, 2.75) is 20.3 Å². The van der Waals surface area contributed by atoms with Gasteiger partial charge in [-0.2, -0.15) is 0 Å². The van der Waals surface area contributed by atoms with Gasteiger partial charge < -0.3 is 10.2 Å². The summed E-state index contributed by atoms with van der Waals surface area (Å²) in [6.45, 7) is 3.85. The Morgan fingerprint density at radius 2 is 1.78 bits per heavy atom. The Morgan fingerprint density at radius 1 is 1.22 bits per heavy atom. The van der Waals surface area contributed by atoms with Crippen molar-refractivity contribution >= 4 is 35.3 Å². The zero-order valence-electron chi connectivity index (χ0n) is 10.5. The van der Waals surface area contributed by atoms with E-state index < -0.39 is 5.97 Å². The standard InChI is InChI=1S/C12H18O4S2/c1-7(2)8(6-13)5-9(14)10-11(12(15)16)18-4-3-17-10/h7-8,13H,3-6H2,1-2H3,(H,15,16)/t8-/m0/s1. The van der Waals surface area contributed by atoms with Crippen LogP contribution in [0.4, 0.5) is 0 Å². The molecule has 102 valence electrons. The molecule has 0 saturated heterocycles. The van der Waals surface area contributed by atoms with E-state index in [-0.39, 0.29) is 35.6 Å². The summed E-state index contributed by atoms with van der Waals surface area (Å²) in [7, 11) is 0. The number of allylic oxidation sites excluding steroid dienone is 1. The second-order valence-electron chi connectivity index (χ2n) is 4.47. The van der Waals surface area contributed by atoms with Gasteiger partial charge >= 0.3 is 5.97 Å². The van der Waals surface area contributed by atoms with Crippen LogP contribution in [0.15, 0.2) is 9.81 Å². The maximum Gasteiger partial charge on any atom is 0.343 e. The zero-order valence-corrected chi connectivity index (χ0v) is 12.1. The molecule has 0 aliphatic carbocycles. The summed E-state index contributed by atoms with van der Waals surface area (Å²) in [6, 6.07) is 0. The molecular formula is C12H18O4S2. The predicted octanol–water partition coefficient (Wildman–Crippen LogP) is 1.99. The van der Waals surface area contributed by atoms with E-state index in [1.54, 1.807) is 0 Å². The third-order valence-electron chi connectivity index (χ3n) is 2.85. The van der Waals surface area contributed by atoms with Gasteiger partial charge in [-0.05, 0) is 11.8 Å². The van der Waals surface area contributed by atoms with E-state index in [4.69, 9.17) is 5.11 Å². The first-order valence-electron chi connectivity index (χ1n) is 5.84. The number of aliphatic carboxylic acids is 1. The Labute approximate surface area is 115 Å². The number of aliphatic hydroxyl groups is 1. The van der Waals surface area contributed by atoms with Crippen LogP contribution in [0.3, 0.4) is 0 Å². The first kappa shape index (κ1) is 15.6. The number of rotatable bonds is 6. The molecule has 2 N–H and O–H groups in total. The summed E-state index contributed by atoms with van der Waals surface area (Å²) in [6.07, 6.45) is 0.216. The minimum atomic E-state index is -1.03. The molecule has 0 radical (unpaired) electrons. The summed E-state index contributed by atoms with van der Waals surface area (Å²) >= 11 is 2.55.